The Hall–Kier alpha value is -1.25. The van der Waals surface area contributed by atoms with Crippen molar-refractivity contribution >= 4 is 65.8 Å². The van der Waals surface area contributed by atoms with E-state index in [1.54, 1.807) is 4.90 Å². The summed E-state index contributed by atoms with van der Waals surface area (Å²) >= 11 is 8.19. The fraction of sp³-hybridized carbons (Fsp3) is 0.267. The van der Waals surface area contributed by atoms with Gasteiger partial charge in [0.15, 0.2) is 5.13 Å². The third-order valence-electron chi connectivity index (χ3n) is 3.39. The molecule has 0 spiro atoms. The van der Waals surface area contributed by atoms with E-state index in [1.807, 2.05) is 23.6 Å². The number of hydrogen-bond donors (Lipinski definition) is 1. The molecule has 0 bridgehead atoms. The van der Waals surface area contributed by atoms with E-state index >= 15 is 0 Å². The molecular formula is C15H13Br2N3O2S. The van der Waals surface area contributed by atoms with Gasteiger partial charge in [0.1, 0.15) is 0 Å². The maximum absolute atomic E-state index is 12.2. The number of carbonyl (C=O) groups excluding carboxylic acids is 2. The minimum atomic E-state index is -0.141. The van der Waals surface area contributed by atoms with Gasteiger partial charge in [-0.15, -0.1) is 11.3 Å². The van der Waals surface area contributed by atoms with Crippen molar-refractivity contribution in [1.82, 2.24) is 4.98 Å². The molecular weight excluding hydrogens is 446 g/mol. The summed E-state index contributed by atoms with van der Waals surface area (Å²) in [6.07, 6.45) is 1.62. The number of carbonyl (C=O) groups is 2. The Labute approximate surface area is 154 Å². The van der Waals surface area contributed by atoms with Crippen molar-refractivity contribution in [3.63, 3.8) is 0 Å². The second-order valence-electron chi connectivity index (χ2n) is 5.12. The Morgan fingerprint density at radius 2 is 2.22 bits per heavy atom. The third kappa shape index (κ3) is 3.99. The standard InChI is InChI=1S/C15H13Br2N3O2S/c16-9-3-4-12(11(17)6-9)19-13(21)7-10-8-23-15(18-10)20-5-1-2-14(20)22/h3-4,6,8H,1-2,5,7H2,(H,19,21). The number of halogens is 2. The van der Waals surface area contributed by atoms with Crippen molar-refractivity contribution in [2.45, 2.75) is 19.3 Å². The van der Waals surface area contributed by atoms with Gasteiger partial charge < -0.3 is 5.32 Å². The Morgan fingerprint density at radius 3 is 2.91 bits per heavy atom. The molecule has 1 aromatic carbocycles. The number of anilines is 2. The van der Waals surface area contributed by atoms with Gasteiger partial charge >= 0.3 is 0 Å². The first-order valence-corrected chi connectivity index (χ1v) is 9.49. The molecule has 1 saturated heterocycles. The number of nitrogens with zero attached hydrogens (tertiary/aromatic N) is 2. The Balaban J connectivity index is 1.64. The molecule has 120 valence electrons. The second kappa shape index (κ2) is 7.11. The molecule has 1 aliphatic heterocycles. The molecule has 2 heterocycles. The van der Waals surface area contributed by atoms with Crippen LogP contribution in [0.25, 0.3) is 0 Å². The molecule has 0 unspecified atom stereocenters. The van der Waals surface area contributed by atoms with E-state index in [2.05, 4.69) is 42.2 Å². The van der Waals surface area contributed by atoms with Gasteiger partial charge in [-0.3, -0.25) is 14.5 Å². The second-order valence-corrected chi connectivity index (χ2v) is 7.73. The quantitative estimate of drug-likeness (QED) is 0.753. The molecule has 1 aromatic heterocycles. The summed E-state index contributed by atoms with van der Waals surface area (Å²) in [6.45, 7) is 0.712. The van der Waals surface area contributed by atoms with Crippen molar-refractivity contribution in [2.24, 2.45) is 0 Å². The minimum absolute atomic E-state index is 0.106. The van der Waals surface area contributed by atoms with Gasteiger partial charge in [-0.2, -0.15) is 0 Å². The van der Waals surface area contributed by atoms with Crippen molar-refractivity contribution < 1.29 is 9.59 Å². The van der Waals surface area contributed by atoms with Crippen LogP contribution in [0.4, 0.5) is 10.8 Å². The lowest BCUT2D eigenvalue weighted by molar-refractivity contribution is -0.117. The van der Waals surface area contributed by atoms with Crippen molar-refractivity contribution in [2.75, 3.05) is 16.8 Å². The Morgan fingerprint density at radius 1 is 1.39 bits per heavy atom. The smallest absolute Gasteiger partial charge is 0.230 e. The van der Waals surface area contributed by atoms with Crippen LogP contribution in [0.3, 0.4) is 0 Å². The molecule has 5 nitrogen and oxygen atoms in total. The highest BCUT2D eigenvalue weighted by molar-refractivity contribution is 9.11. The van der Waals surface area contributed by atoms with E-state index in [0.717, 1.165) is 15.4 Å². The summed E-state index contributed by atoms with van der Waals surface area (Å²) in [4.78, 5) is 30.0. The van der Waals surface area contributed by atoms with Gasteiger partial charge in [0, 0.05) is 27.3 Å². The van der Waals surface area contributed by atoms with Crippen LogP contribution in [-0.2, 0) is 16.0 Å². The van der Waals surface area contributed by atoms with Crippen molar-refractivity contribution in [1.29, 1.82) is 0 Å². The number of aromatic nitrogens is 1. The van der Waals surface area contributed by atoms with Crippen LogP contribution >= 0.6 is 43.2 Å². The number of thiazole rings is 1. The summed E-state index contributed by atoms with van der Waals surface area (Å²) in [6, 6.07) is 5.55. The van der Waals surface area contributed by atoms with Crippen molar-refractivity contribution in [3.8, 4) is 0 Å². The molecule has 1 aliphatic rings. The average molecular weight is 459 g/mol. The largest absolute Gasteiger partial charge is 0.325 e. The molecule has 2 amide bonds. The summed E-state index contributed by atoms with van der Waals surface area (Å²) in [5, 5.41) is 5.36. The van der Waals surface area contributed by atoms with Crippen LogP contribution in [0.5, 0.6) is 0 Å². The SMILES string of the molecule is O=C(Cc1csc(N2CCCC2=O)n1)Nc1ccc(Br)cc1Br. The number of benzene rings is 1. The molecule has 3 rings (SSSR count). The molecule has 8 heteroatoms. The Bertz CT molecular complexity index is 763. The van der Waals surface area contributed by atoms with Crippen LogP contribution in [-0.4, -0.2) is 23.3 Å². The summed E-state index contributed by atoms with van der Waals surface area (Å²) < 4.78 is 1.74. The zero-order chi connectivity index (χ0) is 16.4. The highest BCUT2D eigenvalue weighted by Crippen LogP contribution is 2.27. The predicted molar refractivity (Wildman–Crippen MR) is 97.9 cm³/mol. The zero-order valence-corrected chi connectivity index (χ0v) is 16.0. The van der Waals surface area contributed by atoms with Crippen LogP contribution in [0.15, 0.2) is 32.5 Å². The highest BCUT2D eigenvalue weighted by Gasteiger charge is 2.24. The van der Waals surface area contributed by atoms with E-state index in [1.165, 1.54) is 11.3 Å². The van der Waals surface area contributed by atoms with E-state index < -0.39 is 0 Å². The van der Waals surface area contributed by atoms with Crippen LogP contribution in [0.2, 0.25) is 0 Å². The molecule has 0 saturated carbocycles. The maximum atomic E-state index is 12.2. The molecule has 0 radical (unpaired) electrons. The lowest BCUT2D eigenvalue weighted by Gasteiger charge is -2.10. The van der Waals surface area contributed by atoms with E-state index in [9.17, 15) is 9.59 Å². The first kappa shape index (κ1) is 16.6. The minimum Gasteiger partial charge on any atom is -0.325 e. The van der Waals surface area contributed by atoms with E-state index in [4.69, 9.17) is 0 Å². The highest BCUT2D eigenvalue weighted by atomic mass is 79.9. The first-order chi connectivity index (χ1) is 11.0. The molecule has 0 aliphatic carbocycles. The topological polar surface area (TPSA) is 62.3 Å². The van der Waals surface area contributed by atoms with Gasteiger partial charge in [0.05, 0.1) is 17.8 Å². The summed E-state index contributed by atoms with van der Waals surface area (Å²) in [7, 11) is 0. The number of hydrogen-bond acceptors (Lipinski definition) is 4. The van der Waals surface area contributed by atoms with Gasteiger partial charge in [0.25, 0.3) is 0 Å². The van der Waals surface area contributed by atoms with Gasteiger partial charge in [-0.25, -0.2) is 4.98 Å². The number of rotatable bonds is 4. The molecule has 0 atom stereocenters. The summed E-state index contributed by atoms with van der Waals surface area (Å²) in [5.74, 6) is -0.0354. The van der Waals surface area contributed by atoms with Crippen molar-refractivity contribution in [3.05, 3.63) is 38.2 Å². The van der Waals surface area contributed by atoms with Crippen LogP contribution in [0.1, 0.15) is 18.5 Å². The average Bonchev–Trinajstić information content (AvgIpc) is 3.10. The fourth-order valence-electron chi connectivity index (χ4n) is 2.30. The normalized spacial score (nSPS) is 14.3. The third-order valence-corrected chi connectivity index (χ3v) is 5.45. The Kier molecular flexibility index (Phi) is 5.13. The first-order valence-electron chi connectivity index (χ1n) is 7.02. The van der Waals surface area contributed by atoms with Crippen LogP contribution < -0.4 is 10.2 Å². The lowest BCUT2D eigenvalue weighted by Crippen LogP contribution is -2.23. The predicted octanol–water partition coefficient (Wildman–Crippen LogP) is 3.98. The fourth-order valence-corrected chi connectivity index (χ4v) is 4.32. The van der Waals surface area contributed by atoms with Gasteiger partial charge in [-0.05, 0) is 40.5 Å². The molecule has 23 heavy (non-hydrogen) atoms. The monoisotopic (exact) mass is 457 g/mol. The number of nitrogens with one attached hydrogen (secondary N) is 1. The van der Waals surface area contributed by atoms with E-state index in [0.29, 0.717) is 29.5 Å². The molecule has 2 aromatic rings. The zero-order valence-electron chi connectivity index (χ0n) is 12.0. The lowest BCUT2D eigenvalue weighted by atomic mass is 10.3. The molecule has 1 N–H and O–H groups in total. The molecule has 1 fully saturated rings. The van der Waals surface area contributed by atoms with Gasteiger partial charge in [-0.1, -0.05) is 15.9 Å². The van der Waals surface area contributed by atoms with Gasteiger partial charge in [0.2, 0.25) is 11.8 Å². The number of amides is 2. The van der Waals surface area contributed by atoms with E-state index in [-0.39, 0.29) is 18.2 Å². The maximum Gasteiger partial charge on any atom is 0.230 e. The van der Waals surface area contributed by atoms with Crippen LogP contribution in [0, 0.1) is 0 Å². The summed E-state index contributed by atoms with van der Waals surface area (Å²) in [5.41, 5.74) is 1.39.